The number of nitrogens with zero attached hydrogens (tertiary/aromatic N) is 1. The Morgan fingerprint density at radius 3 is 2.26 bits per heavy atom. The van der Waals surface area contributed by atoms with Gasteiger partial charge in [0.2, 0.25) is 0 Å². The van der Waals surface area contributed by atoms with E-state index < -0.39 is 5.91 Å². The van der Waals surface area contributed by atoms with Gasteiger partial charge < -0.3 is 20.1 Å². The highest BCUT2D eigenvalue weighted by molar-refractivity contribution is 5.97. The Morgan fingerprint density at radius 1 is 1.11 bits per heavy atom. The Morgan fingerprint density at radius 2 is 1.74 bits per heavy atom. The molecule has 1 aromatic carbocycles. The fraction of sp³-hybridized carbons (Fsp3) is 0.500. The summed E-state index contributed by atoms with van der Waals surface area (Å²) in [4.78, 5) is 13.7. The van der Waals surface area contributed by atoms with Crippen LogP contribution in [0, 0.1) is 0 Å². The van der Waals surface area contributed by atoms with Crippen molar-refractivity contribution in [3.63, 3.8) is 0 Å². The van der Waals surface area contributed by atoms with Gasteiger partial charge in [0.25, 0.3) is 5.91 Å². The minimum atomic E-state index is -0.514. The van der Waals surface area contributed by atoms with Crippen molar-refractivity contribution in [1.29, 1.82) is 0 Å². The molecule has 0 bridgehead atoms. The lowest BCUT2D eigenvalue weighted by Crippen LogP contribution is -2.30. The number of rotatable bonds is 4. The summed E-state index contributed by atoms with van der Waals surface area (Å²) in [5.74, 6) is 0.485. The van der Waals surface area contributed by atoms with Gasteiger partial charge >= 0.3 is 0 Å². The summed E-state index contributed by atoms with van der Waals surface area (Å²) in [7, 11) is 3.10. The third-order valence-corrected chi connectivity index (χ3v) is 3.46. The second-order valence-electron chi connectivity index (χ2n) is 4.61. The third kappa shape index (κ3) is 2.59. The van der Waals surface area contributed by atoms with Crippen LogP contribution in [0.4, 0.5) is 5.69 Å². The molecule has 2 rings (SSSR count). The standard InChI is InChI=1S/C14H20N2O3/c1-18-12-10(14(15)17)6-7-11(13(12)19-2)16-8-4-3-5-9-16/h6-7H,3-5,8-9H2,1-2H3,(H2,15,17). The summed E-state index contributed by atoms with van der Waals surface area (Å²) in [6.07, 6.45) is 3.60. The number of benzene rings is 1. The van der Waals surface area contributed by atoms with E-state index in [1.807, 2.05) is 6.07 Å². The molecule has 104 valence electrons. The van der Waals surface area contributed by atoms with Crippen molar-refractivity contribution in [3.8, 4) is 11.5 Å². The van der Waals surface area contributed by atoms with Crippen molar-refractivity contribution in [2.45, 2.75) is 19.3 Å². The van der Waals surface area contributed by atoms with Crippen molar-refractivity contribution in [2.24, 2.45) is 5.73 Å². The molecule has 0 spiro atoms. The summed E-state index contributed by atoms with van der Waals surface area (Å²) in [6, 6.07) is 3.58. The molecule has 0 aliphatic carbocycles. The molecule has 1 fully saturated rings. The highest BCUT2D eigenvalue weighted by Crippen LogP contribution is 2.40. The van der Waals surface area contributed by atoms with Crippen LogP contribution < -0.4 is 20.1 Å². The van der Waals surface area contributed by atoms with E-state index in [9.17, 15) is 4.79 Å². The fourth-order valence-electron chi connectivity index (χ4n) is 2.53. The number of nitrogens with two attached hydrogens (primary N) is 1. The SMILES string of the molecule is COc1c(C(N)=O)ccc(N2CCCCC2)c1OC. The predicted molar refractivity (Wildman–Crippen MR) is 74.1 cm³/mol. The number of primary amides is 1. The molecule has 5 heteroatoms. The van der Waals surface area contributed by atoms with Crippen LogP contribution in [0.3, 0.4) is 0 Å². The highest BCUT2D eigenvalue weighted by Gasteiger charge is 2.22. The average Bonchev–Trinajstić information content (AvgIpc) is 2.46. The Hall–Kier alpha value is -1.91. The van der Waals surface area contributed by atoms with Crippen LogP contribution in [-0.4, -0.2) is 33.2 Å². The molecule has 1 aliphatic heterocycles. The molecular formula is C14H20N2O3. The van der Waals surface area contributed by atoms with Crippen LogP contribution in [0.1, 0.15) is 29.6 Å². The maximum absolute atomic E-state index is 11.4. The van der Waals surface area contributed by atoms with Gasteiger partial charge in [0, 0.05) is 13.1 Å². The van der Waals surface area contributed by atoms with Crippen molar-refractivity contribution in [2.75, 3.05) is 32.2 Å². The van der Waals surface area contributed by atoms with E-state index in [1.165, 1.54) is 26.4 Å². The van der Waals surface area contributed by atoms with E-state index in [-0.39, 0.29) is 0 Å². The van der Waals surface area contributed by atoms with Gasteiger partial charge in [-0.3, -0.25) is 4.79 Å². The number of anilines is 1. The van der Waals surface area contributed by atoms with Gasteiger partial charge in [0.1, 0.15) is 0 Å². The monoisotopic (exact) mass is 264 g/mol. The number of ether oxygens (including phenoxy) is 2. The quantitative estimate of drug-likeness (QED) is 0.900. The zero-order valence-corrected chi connectivity index (χ0v) is 11.4. The smallest absolute Gasteiger partial charge is 0.252 e. The van der Waals surface area contributed by atoms with Crippen molar-refractivity contribution in [3.05, 3.63) is 17.7 Å². The van der Waals surface area contributed by atoms with Gasteiger partial charge in [0.05, 0.1) is 25.5 Å². The summed E-state index contributed by atoms with van der Waals surface area (Å²) in [5.41, 5.74) is 6.66. The van der Waals surface area contributed by atoms with Crippen LogP contribution in [0.2, 0.25) is 0 Å². The number of amides is 1. The van der Waals surface area contributed by atoms with Crippen LogP contribution in [-0.2, 0) is 0 Å². The van der Waals surface area contributed by atoms with Crippen molar-refractivity contribution < 1.29 is 14.3 Å². The summed E-state index contributed by atoms with van der Waals surface area (Å²) in [6.45, 7) is 1.99. The summed E-state index contributed by atoms with van der Waals surface area (Å²) >= 11 is 0. The molecular weight excluding hydrogens is 244 g/mol. The van der Waals surface area contributed by atoms with Crippen LogP contribution in [0.15, 0.2) is 12.1 Å². The molecule has 0 aromatic heterocycles. The first-order chi connectivity index (χ1) is 9.19. The second kappa shape index (κ2) is 5.82. The van der Waals surface area contributed by atoms with Gasteiger partial charge in [-0.25, -0.2) is 0 Å². The van der Waals surface area contributed by atoms with Gasteiger partial charge in [-0.1, -0.05) is 0 Å². The zero-order chi connectivity index (χ0) is 13.8. The maximum atomic E-state index is 11.4. The Balaban J connectivity index is 2.46. The van der Waals surface area contributed by atoms with E-state index in [0.717, 1.165) is 18.8 Å². The first-order valence-corrected chi connectivity index (χ1v) is 6.48. The van der Waals surface area contributed by atoms with E-state index in [2.05, 4.69) is 4.90 Å². The Kier molecular flexibility index (Phi) is 4.14. The first kappa shape index (κ1) is 13.5. The topological polar surface area (TPSA) is 64.8 Å². The lowest BCUT2D eigenvalue weighted by atomic mass is 10.1. The van der Waals surface area contributed by atoms with Gasteiger partial charge in [-0.15, -0.1) is 0 Å². The maximum Gasteiger partial charge on any atom is 0.252 e. The second-order valence-corrected chi connectivity index (χ2v) is 4.61. The molecule has 0 unspecified atom stereocenters. The molecule has 0 radical (unpaired) electrons. The van der Waals surface area contributed by atoms with Gasteiger partial charge in [-0.05, 0) is 31.4 Å². The minimum absolute atomic E-state index is 0.347. The van der Waals surface area contributed by atoms with E-state index >= 15 is 0 Å². The van der Waals surface area contributed by atoms with Crippen molar-refractivity contribution >= 4 is 11.6 Å². The molecule has 1 aliphatic rings. The number of carbonyl (C=O) groups excluding carboxylic acids is 1. The minimum Gasteiger partial charge on any atom is -0.492 e. The molecule has 1 aromatic rings. The molecule has 5 nitrogen and oxygen atoms in total. The Bertz CT molecular complexity index is 468. The largest absolute Gasteiger partial charge is 0.492 e. The molecule has 0 saturated carbocycles. The lowest BCUT2D eigenvalue weighted by molar-refractivity contribution is 0.0997. The van der Waals surface area contributed by atoms with Gasteiger partial charge in [0.15, 0.2) is 11.5 Å². The normalized spacial score (nSPS) is 15.2. The molecule has 0 atom stereocenters. The predicted octanol–water partition coefficient (Wildman–Crippen LogP) is 1.79. The van der Waals surface area contributed by atoms with Crippen LogP contribution >= 0.6 is 0 Å². The fourth-order valence-corrected chi connectivity index (χ4v) is 2.53. The van der Waals surface area contributed by atoms with Crippen molar-refractivity contribution in [1.82, 2.24) is 0 Å². The van der Waals surface area contributed by atoms with Crippen LogP contribution in [0.5, 0.6) is 11.5 Å². The van der Waals surface area contributed by atoms with E-state index in [0.29, 0.717) is 17.1 Å². The molecule has 1 saturated heterocycles. The molecule has 19 heavy (non-hydrogen) atoms. The zero-order valence-electron chi connectivity index (χ0n) is 11.4. The summed E-state index contributed by atoms with van der Waals surface area (Å²) in [5, 5.41) is 0. The number of carbonyl (C=O) groups is 1. The first-order valence-electron chi connectivity index (χ1n) is 6.48. The lowest BCUT2D eigenvalue weighted by Gasteiger charge is -2.30. The molecule has 1 amide bonds. The number of methoxy groups -OCH3 is 2. The highest BCUT2D eigenvalue weighted by atomic mass is 16.5. The number of hydrogen-bond donors (Lipinski definition) is 1. The molecule has 1 heterocycles. The molecule has 2 N–H and O–H groups in total. The number of piperidine rings is 1. The third-order valence-electron chi connectivity index (χ3n) is 3.46. The van der Waals surface area contributed by atoms with E-state index in [1.54, 1.807) is 13.2 Å². The van der Waals surface area contributed by atoms with Gasteiger partial charge in [-0.2, -0.15) is 0 Å². The average molecular weight is 264 g/mol. The van der Waals surface area contributed by atoms with E-state index in [4.69, 9.17) is 15.2 Å². The Labute approximate surface area is 113 Å². The van der Waals surface area contributed by atoms with Crippen LogP contribution in [0.25, 0.3) is 0 Å². The number of hydrogen-bond acceptors (Lipinski definition) is 4. The summed E-state index contributed by atoms with van der Waals surface area (Å²) < 4.78 is 10.7.